The lowest BCUT2D eigenvalue weighted by molar-refractivity contribution is -0.137. The molecule has 28 heavy (non-hydrogen) atoms. The molecule has 0 atom stereocenters. The van der Waals surface area contributed by atoms with Gasteiger partial charge in [0.15, 0.2) is 20.7 Å². The van der Waals surface area contributed by atoms with E-state index in [1.807, 2.05) is 0 Å². The maximum atomic E-state index is 13.1. The van der Waals surface area contributed by atoms with Crippen LogP contribution in [0.15, 0.2) is 34.0 Å². The lowest BCUT2D eigenvalue weighted by atomic mass is 10.3. The molecule has 0 aliphatic carbocycles. The molecule has 3 rings (SSSR count). The number of fused-ring (bicyclic) bond motifs is 1. The Morgan fingerprint density at radius 3 is 2.54 bits per heavy atom. The Morgan fingerprint density at radius 2 is 1.96 bits per heavy atom. The van der Waals surface area contributed by atoms with Crippen LogP contribution in [-0.2, 0) is 23.1 Å². The zero-order valence-corrected chi connectivity index (χ0v) is 16.8. The molecule has 0 aliphatic rings. The fourth-order valence-electron chi connectivity index (χ4n) is 2.66. The van der Waals surface area contributed by atoms with Gasteiger partial charge in [-0.1, -0.05) is 30.1 Å². The van der Waals surface area contributed by atoms with Crippen molar-refractivity contribution in [1.29, 1.82) is 0 Å². The van der Waals surface area contributed by atoms with Crippen molar-refractivity contribution in [1.82, 2.24) is 18.9 Å². The minimum Gasteiger partial charge on any atom is -0.326 e. The molecule has 0 spiro atoms. The number of aromatic nitrogens is 4. The molecule has 3 aromatic heterocycles. The Hall–Kier alpha value is -2.04. The van der Waals surface area contributed by atoms with Crippen LogP contribution >= 0.6 is 23.2 Å². The van der Waals surface area contributed by atoms with Gasteiger partial charge in [0.2, 0.25) is 0 Å². The van der Waals surface area contributed by atoms with E-state index in [0.29, 0.717) is 11.9 Å². The average Bonchev–Trinajstić information content (AvgIpc) is 3.14. The lowest BCUT2D eigenvalue weighted by Gasteiger charge is -2.09. The molecule has 3 heterocycles. The van der Waals surface area contributed by atoms with Crippen LogP contribution in [0.4, 0.5) is 13.2 Å². The third-order valence-electron chi connectivity index (χ3n) is 4.07. The van der Waals surface area contributed by atoms with Gasteiger partial charge in [-0.15, -0.1) is 0 Å². The van der Waals surface area contributed by atoms with Gasteiger partial charge in [-0.25, -0.2) is 18.4 Å². The van der Waals surface area contributed by atoms with Crippen LogP contribution in [0.2, 0.25) is 0 Å². The largest absolute Gasteiger partial charge is 0.417 e. The van der Waals surface area contributed by atoms with Crippen LogP contribution < -0.4 is 0 Å². The van der Waals surface area contributed by atoms with Gasteiger partial charge in [0.1, 0.15) is 15.8 Å². The highest BCUT2D eigenvalue weighted by molar-refractivity contribution is 7.91. The molecule has 150 valence electrons. The first-order valence-corrected chi connectivity index (χ1v) is 10.2. The Labute approximate surface area is 168 Å². The Balaban J connectivity index is 2.37. The Kier molecular flexibility index (Phi) is 5.24. The summed E-state index contributed by atoms with van der Waals surface area (Å²) >= 11 is 11.3. The van der Waals surface area contributed by atoms with Crippen LogP contribution in [0.5, 0.6) is 0 Å². The van der Waals surface area contributed by atoms with E-state index in [-0.39, 0.29) is 32.4 Å². The van der Waals surface area contributed by atoms with Crippen molar-refractivity contribution in [2.75, 3.05) is 5.75 Å². The summed E-state index contributed by atoms with van der Waals surface area (Å²) in [5.74, 6) is -0.181. The fourth-order valence-corrected chi connectivity index (χ4v) is 4.03. The maximum Gasteiger partial charge on any atom is 0.417 e. The van der Waals surface area contributed by atoms with Gasteiger partial charge in [0, 0.05) is 13.2 Å². The number of nitrogens with zero attached hydrogens (tertiary/aromatic N) is 4. The minimum absolute atomic E-state index is 0.0410. The molecular weight excluding hydrogens is 440 g/mol. The maximum absolute atomic E-state index is 13.1. The molecule has 0 saturated heterocycles. The minimum atomic E-state index is -4.63. The predicted molar refractivity (Wildman–Crippen MR) is 99.8 cm³/mol. The zero-order chi connectivity index (χ0) is 20.9. The van der Waals surface area contributed by atoms with Crippen molar-refractivity contribution in [2.45, 2.75) is 18.1 Å². The molecule has 0 fully saturated rings. The predicted octanol–water partition coefficient (Wildman–Crippen LogP) is 4.32. The fraction of sp³-hybridized carbons (Fsp3) is 0.250. The second-order valence-electron chi connectivity index (χ2n) is 5.81. The van der Waals surface area contributed by atoms with Crippen LogP contribution in [0.25, 0.3) is 23.2 Å². The van der Waals surface area contributed by atoms with Crippen molar-refractivity contribution in [3.8, 4) is 11.5 Å². The topological polar surface area (TPSA) is 69.3 Å². The van der Waals surface area contributed by atoms with Crippen molar-refractivity contribution in [3.63, 3.8) is 0 Å². The standard InChI is InChI=1S/C16H13Cl2F3N4O2S/c1-3-28(26,27)15-13(14-22-7-10(24(14)2)6-11(17)18)23-12-5-4-9(8-25(12)15)16(19,20)21/h4-8H,3H2,1-2H3. The molecule has 0 bridgehead atoms. The van der Waals surface area contributed by atoms with Crippen molar-refractivity contribution in [3.05, 3.63) is 40.3 Å². The summed E-state index contributed by atoms with van der Waals surface area (Å²) in [7, 11) is -2.36. The molecule has 0 radical (unpaired) electrons. The van der Waals surface area contributed by atoms with Crippen molar-refractivity contribution < 1.29 is 21.6 Å². The van der Waals surface area contributed by atoms with Crippen LogP contribution in [0.3, 0.4) is 0 Å². The van der Waals surface area contributed by atoms with E-state index in [4.69, 9.17) is 23.2 Å². The normalized spacial score (nSPS) is 12.5. The van der Waals surface area contributed by atoms with Crippen molar-refractivity contribution >= 4 is 44.8 Å². The van der Waals surface area contributed by atoms with Gasteiger partial charge in [-0.3, -0.25) is 4.40 Å². The highest BCUT2D eigenvalue weighted by Gasteiger charge is 2.33. The summed E-state index contributed by atoms with van der Waals surface area (Å²) in [4.78, 5) is 8.37. The summed E-state index contributed by atoms with van der Waals surface area (Å²) in [6.45, 7) is 1.39. The van der Waals surface area contributed by atoms with E-state index < -0.39 is 21.6 Å². The van der Waals surface area contributed by atoms with E-state index in [9.17, 15) is 21.6 Å². The van der Waals surface area contributed by atoms with E-state index in [2.05, 4.69) is 9.97 Å². The van der Waals surface area contributed by atoms with Crippen LogP contribution in [-0.4, -0.2) is 33.1 Å². The van der Waals surface area contributed by atoms with Gasteiger partial charge >= 0.3 is 6.18 Å². The smallest absolute Gasteiger partial charge is 0.326 e. The summed E-state index contributed by atoms with van der Waals surface area (Å²) in [5.41, 5.74) is -0.545. The van der Waals surface area contributed by atoms with Gasteiger partial charge in [0.25, 0.3) is 0 Å². The molecule has 6 nitrogen and oxygen atoms in total. The summed E-state index contributed by atoms with van der Waals surface area (Å²) in [5, 5.41) is -0.364. The number of halogens is 5. The summed E-state index contributed by atoms with van der Waals surface area (Å²) < 4.78 is 67.1. The van der Waals surface area contributed by atoms with Crippen molar-refractivity contribution in [2.24, 2.45) is 7.05 Å². The monoisotopic (exact) mass is 452 g/mol. The molecule has 0 aromatic carbocycles. The van der Waals surface area contributed by atoms with E-state index in [1.165, 1.54) is 23.8 Å². The molecule has 0 amide bonds. The third kappa shape index (κ3) is 3.63. The summed E-state index contributed by atoms with van der Waals surface area (Å²) in [6, 6.07) is 1.95. The SMILES string of the molecule is CCS(=O)(=O)c1c(-c2ncc(C=C(Cl)Cl)n2C)nc2ccc(C(F)(F)F)cn12. The third-order valence-corrected chi connectivity index (χ3v) is 6.03. The van der Waals surface area contributed by atoms with Gasteiger partial charge in [-0.2, -0.15) is 13.2 Å². The molecule has 0 aliphatic heterocycles. The van der Waals surface area contributed by atoms with E-state index >= 15 is 0 Å². The average molecular weight is 453 g/mol. The number of hydrogen-bond donors (Lipinski definition) is 0. The first-order valence-electron chi connectivity index (χ1n) is 7.82. The van der Waals surface area contributed by atoms with Crippen LogP contribution in [0, 0.1) is 0 Å². The second kappa shape index (κ2) is 7.09. The molecular formula is C16H13Cl2F3N4O2S. The van der Waals surface area contributed by atoms with Gasteiger partial charge < -0.3 is 4.57 Å². The van der Waals surface area contributed by atoms with Crippen LogP contribution in [0.1, 0.15) is 18.2 Å². The first-order chi connectivity index (χ1) is 13.0. The molecule has 3 aromatic rings. The number of rotatable bonds is 4. The number of alkyl halides is 3. The lowest BCUT2D eigenvalue weighted by Crippen LogP contribution is -2.12. The number of sulfone groups is 1. The highest BCUT2D eigenvalue weighted by Crippen LogP contribution is 2.33. The molecule has 0 saturated carbocycles. The second-order valence-corrected chi connectivity index (χ2v) is 9.01. The van der Waals surface area contributed by atoms with Gasteiger partial charge in [-0.05, 0) is 18.2 Å². The van der Waals surface area contributed by atoms with Gasteiger partial charge in [0.05, 0.1) is 23.2 Å². The molecule has 0 unspecified atom stereocenters. The number of hydrogen-bond acceptors (Lipinski definition) is 4. The summed E-state index contributed by atoms with van der Waals surface area (Å²) in [6.07, 6.45) is -1.13. The molecule has 12 heteroatoms. The van der Waals surface area contributed by atoms with E-state index in [0.717, 1.165) is 16.5 Å². The Morgan fingerprint density at radius 1 is 1.29 bits per heavy atom. The van der Waals surface area contributed by atoms with E-state index in [1.54, 1.807) is 7.05 Å². The first kappa shape index (κ1) is 20.7. The quantitative estimate of drug-likeness (QED) is 0.590. The number of imidazole rings is 2. The highest BCUT2D eigenvalue weighted by atomic mass is 35.5. The number of pyridine rings is 1. The zero-order valence-electron chi connectivity index (χ0n) is 14.5. The molecule has 0 N–H and O–H groups in total. The Bertz CT molecular complexity index is 1190.